The quantitative estimate of drug-likeness (QED) is 0.686. The minimum atomic E-state index is -4.37. The molecule has 0 atom stereocenters. The third-order valence-corrected chi connectivity index (χ3v) is 2.88. The fraction of sp³-hybridized carbons (Fsp3) is 0.312. The molecule has 21 heavy (non-hydrogen) atoms. The zero-order valence-corrected chi connectivity index (χ0v) is 12.0. The van der Waals surface area contributed by atoms with E-state index in [2.05, 4.69) is 4.99 Å². The molecule has 5 heteroatoms. The molecule has 0 amide bonds. The Balaban J connectivity index is 2.20. The molecular formula is C16H16F3NO. The van der Waals surface area contributed by atoms with Gasteiger partial charge in [-0.3, -0.25) is 4.99 Å². The Labute approximate surface area is 121 Å². The van der Waals surface area contributed by atoms with Crippen LogP contribution >= 0.6 is 0 Å². The standard InChI is InChI=1S/C16H16F3NO/c1-15(2,3)14-8-7-13(21-14)10-20-12-6-4-5-11(9-12)16(17,18)19/h4-10H,1-3H3. The maximum atomic E-state index is 12.6. The second-order valence-electron chi connectivity index (χ2n) is 5.76. The van der Waals surface area contributed by atoms with Crippen LogP contribution in [-0.2, 0) is 11.6 Å². The van der Waals surface area contributed by atoms with E-state index in [0.29, 0.717) is 5.76 Å². The Morgan fingerprint density at radius 3 is 2.33 bits per heavy atom. The molecule has 0 aliphatic carbocycles. The number of aliphatic imine (C=N–C) groups is 1. The van der Waals surface area contributed by atoms with Crippen LogP contribution in [0.4, 0.5) is 18.9 Å². The van der Waals surface area contributed by atoms with Crippen molar-refractivity contribution in [3.8, 4) is 0 Å². The predicted octanol–water partition coefficient (Wildman–Crippen LogP) is 5.35. The van der Waals surface area contributed by atoms with Gasteiger partial charge in [0, 0.05) is 5.41 Å². The van der Waals surface area contributed by atoms with Crippen LogP contribution < -0.4 is 0 Å². The highest BCUT2D eigenvalue weighted by atomic mass is 19.4. The number of halogens is 3. The number of furan rings is 1. The molecular weight excluding hydrogens is 279 g/mol. The molecule has 0 aliphatic heterocycles. The van der Waals surface area contributed by atoms with E-state index >= 15 is 0 Å². The van der Waals surface area contributed by atoms with E-state index in [4.69, 9.17) is 4.42 Å². The summed E-state index contributed by atoms with van der Waals surface area (Å²) >= 11 is 0. The van der Waals surface area contributed by atoms with Crippen molar-refractivity contribution < 1.29 is 17.6 Å². The molecule has 112 valence electrons. The van der Waals surface area contributed by atoms with Crippen LogP contribution in [0.15, 0.2) is 45.8 Å². The lowest BCUT2D eigenvalue weighted by Crippen LogP contribution is -2.09. The first-order valence-electron chi connectivity index (χ1n) is 6.48. The van der Waals surface area contributed by atoms with Gasteiger partial charge in [-0.05, 0) is 30.3 Å². The molecule has 0 N–H and O–H groups in total. The molecule has 2 rings (SSSR count). The van der Waals surface area contributed by atoms with Crippen molar-refractivity contribution in [3.63, 3.8) is 0 Å². The summed E-state index contributed by atoms with van der Waals surface area (Å²) in [5.41, 5.74) is -0.604. The van der Waals surface area contributed by atoms with Crippen LogP contribution in [0.1, 0.15) is 37.9 Å². The molecule has 0 aliphatic rings. The van der Waals surface area contributed by atoms with Crippen molar-refractivity contribution in [1.82, 2.24) is 0 Å². The molecule has 1 aromatic heterocycles. The topological polar surface area (TPSA) is 25.5 Å². The monoisotopic (exact) mass is 295 g/mol. The number of nitrogens with zero attached hydrogens (tertiary/aromatic N) is 1. The highest BCUT2D eigenvalue weighted by molar-refractivity contribution is 5.78. The zero-order valence-electron chi connectivity index (χ0n) is 12.0. The van der Waals surface area contributed by atoms with E-state index in [1.807, 2.05) is 26.8 Å². The molecule has 0 radical (unpaired) electrons. The van der Waals surface area contributed by atoms with Crippen molar-refractivity contribution in [2.24, 2.45) is 4.99 Å². The van der Waals surface area contributed by atoms with E-state index in [9.17, 15) is 13.2 Å². The van der Waals surface area contributed by atoms with Gasteiger partial charge in [0.25, 0.3) is 0 Å². The predicted molar refractivity (Wildman–Crippen MR) is 76.1 cm³/mol. The third-order valence-electron chi connectivity index (χ3n) is 2.88. The smallest absolute Gasteiger partial charge is 0.416 e. The van der Waals surface area contributed by atoms with Crippen LogP contribution in [0.5, 0.6) is 0 Å². The van der Waals surface area contributed by atoms with Crippen LogP contribution in [0.25, 0.3) is 0 Å². The Kier molecular flexibility index (Phi) is 3.94. The lowest BCUT2D eigenvalue weighted by molar-refractivity contribution is -0.137. The molecule has 2 aromatic rings. The largest absolute Gasteiger partial charge is 0.460 e. The molecule has 0 fully saturated rings. The van der Waals surface area contributed by atoms with E-state index in [-0.39, 0.29) is 11.1 Å². The second-order valence-corrected chi connectivity index (χ2v) is 5.76. The molecule has 1 aromatic carbocycles. The third kappa shape index (κ3) is 3.97. The SMILES string of the molecule is CC(C)(C)c1ccc(C=Nc2cccc(C(F)(F)F)c2)o1. The van der Waals surface area contributed by atoms with E-state index < -0.39 is 11.7 Å². The van der Waals surface area contributed by atoms with Gasteiger partial charge < -0.3 is 4.42 Å². The highest BCUT2D eigenvalue weighted by Crippen LogP contribution is 2.31. The van der Waals surface area contributed by atoms with Gasteiger partial charge in [-0.25, -0.2) is 0 Å². The fourth-order valence-electron chi connectivity index (χ4n) is 1.73. The average molecular weight is 295 g/mol. The maximum Gasteiger partial charge on any atom is 0.416 e. The van der Waals surface area contributed by atoms with E-state index in [1.165, 1.54) is 18.3 Å². The van der Waals surface area contributed by atoms with Crippen molar-refractivity contribution >= 4 is 11.9 Å². The minimum Gasteiger partial charge on any atom is -0.460 e. The van der Waals surface area contributed by atoms with Gasteiger partial charge in [-0.15, -0.1) is 0 Å². The summed E-state index contributed by atoms with van der Waals surface area (Å²) in [6.07, 6.45) is -2.94. The van der Waals surface area contributed by atoms with Crippen LogP contribution in [0.2, 0.25) is 0 Å². The van der Waals surface area contributed by atoms with Gasteiger partial charge in [0.05, 0.1) is 17.5 Å². The summed E-state index contributed by atoms with van der Waals surface area (Å²) in [7, 11) is 0. The molecule has 2 nitrogen and oxygen atoms in total. The van der Waals surface area contributed by atoms with Crippen molar-refractivity contribution in [3.05, 3.63) is 53.5 Å². The number of hydrogen-bond acceptors (Lipinski definition) is 2. The van der Waals surface area contributed by atoms with E-state index in [1.54, 1.807) is 6.07 Å². The van der Waals surface area contributed by atoms with Crippen molar-refractivity contribution in [2.75, 3.05) is 0 Å². The number of benzene rings is 1. The number of alkyl halides is 3. The molecule has 0 bridgehead atoms. The van der Waals surface area contributed by atoms with Crippen LogP contribution in [0, 0.1) is 0 Å². The fourth-order valence-corrected chi connectivity index (χ4v) is 1.73. The van der Waals surface area contributed by atoms with Crippen LogP contribution in [-0.4, -0.2) is 6.21 Å². The summed E-state index contributed by atoms with van der Waals surface area (Å²) in [6.45, 7) is 6.04. The van der Waals surface area contributed by atoms with Gasteiger partial charge in [0.1, 0.15) is 11.5 Å². The lowest BCUT2D eigenvalue weighted by atomic mass is 9.94. The average Bonchev–Trinajstić information content (AvgIpc) is 2.84. The first-order chi connectivity index (χ1) is 9.66. The van der Waals surface area contributed by atoms with Gasteiger partial charge >= 0.3 is 6.18 Å². The highest BCUT2D eigenvalue weighted by Gasteiger charge is 2.30. The summed E-state index contributed by atoms with van der Waals surface area (Å²) in [6, 6.07) is 8.45. The van der Waals surface area contributed by atoms with Gasteiger partial charge in [0.15, 0.2) is 0 Å². The maximum absolute atomic E-state index is 12.6. The first kappa shape index (κ1) is 15.4. The summed E-state index contributed by atoms with van der Waals surface area (Å²) in [4.78, 5) is 4.03. The lowest BCUT2D eigenvalue weighted by Gasteiger charge is -2.13. The summed E-state index contributed by atoms with van der Waals surface area (Å²) < 4.78 is 43.4. The molecule has 0 spiro atoms. The molecule has 0 saturated heterocycles. The molecule has 0 unspecified atom stereocenters. The Bertz CT molecular complexity index is 648. The summed E-state index contributed by atoms with van der Waals surface area (Å²) in [5, 5.41) is 0. The van der Waals surface area contributed by atoms with Crippen LogP contribution in [0.3, 0.4) is 0 Å². The normalized spacial score (nSPS) is 13.0. The van der Waals surface area contributed by atoms with Crippen molar-refractivity contribution in [1.29, 1.82) is 0 Å². The second kappa shape index (κ2) is 5.39. The minimum absolute atomic E-state index is 0.123. The molecule has 1 heterocycles. The number of rotatable bonds is 2. The molecule has 0 saturated carbocycles. The number of hydrogen-bond donors (Lipinski definition) is 0. The van der Waals surface area contributed by atoms with Gasteiger partial charge in [-0.2, -0.15) is 13.2 Å². The van der Waals surface area contributed by atoms with Crippen molar-refractivity contribution in [2.45, 2.75) is 32.4 Å². The Morgan fingerprint density at radius 1 is 1.05 bits per heavy atom. The first-order valence-corrected chi connectivity index (χ1v) is 6.48. The zero-order chi connectivity index (χ0) is 15.7. The van der Waals surface area contributed by atoms with Gasteiger partial charge in [0.2, 0.25) is 0 Å². The van der Waals surface area contributed by atoms with Gasteiger partial charge in [-0.1, -0.05) is 26.8 Å². The Hall–Kier alpha value is -2.04. The summed E-state index contributed by atoms with van der Waals surface area (Å²) in [5.74, 6) is 1.31. The van der Waals surface area contributed by atoms with E-state index in [0.717, 1.165) is 17.9 Å². The Morgan fingerprint density at radius 2 is 1.76 bits per heavy atom.